The standard InChI is InChI=1S/C34H55NO6S2/c1-8-22-26-19-21(36)13-16-34(26,7)25-14-17-33(6)23(9-10-24(33)29(25)30(22)37)20(2)15-18-41-31(38)35-43(39,40)28-12-11-27(42-28)32(3,4)5/h11-12,20-26,29-30,36-37H,8-10,13-19H2,1-7H3,(H,35,38)/t20-,21-,22-,23-,24+,25+,26+,29+,30-,33-,34-/m1/s1. The van der Waals surface area contributed by atoms with Gasteiger partial charge in [-0.3, -0.25) is 0 Å². The Hall–Kier alpha value is -1.16. The highest BCUT2D eigenvalue weighted by atomic mass is 32.2. The first-order chi connectivity index (χ1) is 20.0. The van der Waals surface area contributed by atoms with Crippen molar-refractivity contribution in [1.82, 2.24) is 4.72 Å². The van der Waals surface area contributed by atoms with Gasteiger partial charge < -0.3 is 14.9 Å². The van der Waals surface area contributed by atoms with E-state index in [-0.39, 0.29) is 45.2 Å². The van der Waals surface area contributed by atoms with Crippen LogP contribution in [0.5, 0.6) is 0 Å². The van der Waals surface area contributed by atoms with Crippen LogP contribution in [0, 0.1) is 52.3 Å². The van der Waals surface area contributed by atoms with Gasteiger partial charge in [0.05, 0.1) is 18.8 Å². The number of carbonyl (C=O) groups is 1. The molecule has 244 valence electrons. The number of fused-ring (bicyclic) bond motifs is 5. The van der Waals surface area contributed by atoms with Gasteiger partial charge in [-0.25, -0.2) is 17.9 Å². The number of aliphatic hydroxyl groups is 2. The van der Waals surface area contributed by atoms with Crippen molar-refractivity contribution in [2.75, 3.05) is 6.61 Å². The van der Waals surface area contributed by atoms with E-state index < -0.39 is 16.1 Å². The van der Waals surface area contributed by atoms with E-state index in [2.05, 4.69) is 32.4 Å². The topological polar surface area (TPSA) is 113 Å². The summed E-state index contributed by atoms with van der Waals surface area (Å²) in [6.45, 7) is 15.6. The highest BCUT2D eigenvalue weighted by Crippen LogP contribution is 2.69. The molecule has 0 aromatic carbocycles. The Kier molecular flexibility index (Phi) is 9.18. The maximum atomic E-state index is 12.8. The molecule has 4 aliphatic rings. The minimum Gasteiger partial charge on any atom is -0.449 e. The van der Waals surface area contributed by atoms with Crippen LogP contribution in [0.2, 0.25) is 0 Å². The number of thiophene rings is 1. The van der Waals surface area contributed by atoms with E-state index in [1.54, 1.807) is 12.1 Å². The molecule has 9 heteroatoms. The van der Waals surface area contributed by atoms with Crippen molar-refractivity contribution < 1.29 is 28.2 Å². The molecule has 11 atom stereocenters. The summed E-state index contributed by atoms with van der Waals surface area (Å²) in [6.07, 6.45) is 7.46. The number of hydrogen-bond acceptors (Lipinski definition) is 7. The number of rotatable bonds is 7. The van der Waals surface area contributed by atoms with Gasteiger partial charge in [-0.15, -0.1) is 11.3 Å². The summed E-state index contributed by atoms with van der Waals surface area (Å²) < 4.78 is 33.1. The molecule has 1 aromatic heterocycles. The highest BCUT2D eigenvalue weighted by molar-refractivity contribution is 7.92. The first-order valence-corrected chi connectivity index (χ1v) is 19.0. The predicted octanol–water partition coefficient (Wildman–Crippen LogP) is 7.11. The fourth-order valence-corrected chi connectivity index (χ4v) is 12.8. The molecule has 4 aliphatic carbocycles. The van der Waals surface area contributed by atoms with Crippen molar-refractivity contribution in [2.45, 2.75) is 128 Å². The van der Waals surface area contributed by atoms with Crippen LogP contribution in [0.25, 0.3) is 0 Å². The first kappa shape index (κ1) is 33.2. The van der Waals surface area contributed by atoms with E-state index in [0.29, 0.717) is 41.9 Å². The lowest BCUT2D eigenvalue weighted by atomic mass is 9.41. The Morgan fingerprint density at radius 3 is 2.40 bits per heavy atom. The van der Waals surface area contributed by atoms with Crippen LogP contribution < -0.4 is 4.72 Å². The van der Waals surface area contributed by atoms with Gasteiger partial charge in [-0.05, 0) is 121 Å². The Balaban J connectivity index is 1.20. The molecule has 4 fully saturated rings. The zero-order valence-corrected chi connectivity index (χ0v) is 28.9. The molecule has 3 N–H and O–H groups in total. The third-order valence-corrected chi connectivity index (χ3v) is 16.1. The first-order valence-electron chi connectivity index (χ1n) is 16.7. The minimum atomic E-state index is -3.97. The number of ether oxygens (including phenoxy) is 1. The van der Waals surface area contributed by atoms with Gasteiger partial charge in [0.25, 0.3) is 10.0 Å². The van der Waals surface area contributed by atoms with E-state index in [4.69, 9.17) is 4.74 Å². The van der Waals surface area contributed by atoms with E-state index in [0.717, 1.165) is 56.2 Å². The summed E-state index contributed by atoms with van der Waals surface area (Å²) in [5.74, 6) is 2.72. The minimum absolute atomic E-state index is 0.114. The molecule has 5 rings (SSSR count). The van der Waals surface area contributed by atoms with E-state index >= 15 is 0 Å². The van der Waals surface area contributed by atoms with Gasteiger partial charge in [0.1, 0.15) is 4.21 Å². The van der Waals surface area contributed by atoms with Crippen molar-refractivity contribution in [3.63, 3.8) is 0 Å². The van der Waals surface area contributed by atoms with Gasteiger partial charge in [0, 0.05) is 4.88 Å². The van der Waals surface area contributed by atoms with Crippen molar-refractivity contribution in [3.05, 3.63) is 17.0 Å². The second-order valence-electron chi connectivity index (χ2n) is 16.0. The number of nitrogens with one attached hydrogen (secondary N) is 1. The summed E-state index contributed by atoms with van der Waals surface area (Å²) in [5.41, 5.74) is 0.150. The summed E-state index contributed by atoms with van der Waals surface area (Å²) in [6, 6.07) is 3.33. The molecule has 4 saturated carbocycles. The number of carbonyl (C=O) groups excluding carboxylic acids is 1. The fraction of sp³-hybridized carbons (Fsp3) is 0.853. The lowest BCUT2D eigenvalue weighted by molar-refractivity contribution is -0.203. The molecule has 7 nitrogen and oxygen atoms in total. The average molecular weight is 638 g/mol. The number of sulfonamides is 1. The molecule has 0 bridgehead atoms. The van der Waals surface area contributed by atoms with E-state index in [1.165, 1.54) is 11.3 Å². The third kappa shape index (κ3) is 5.94. The molecule has 1 heterocycles. The van der Waals surface area contributed by atoms with Crippen molar-refractivity contribution in [3.8, 4) is 0 Å². The smallest absolute Gasteiger partial charge is 0.421 e. The fourth-order valence-electron chi connectivity index (χ4n) is 10.5. The highest BCUT2D eigenvalue weighted by Gasteiger charge is 2.64. The monoisotopic (exact) mass is 637 g/mol. The maximum Gasteiger partial charge on any atom is 0.421 e. The average Bonchev–Trinajstić information content (AvgIpc) is 3.56. The second-order valence-corrected chi connectivity index (χ2v) is 19.0. The molecule has 1 amide bonds. The maximum absolute atomic E-state index is 12.8. The Morgan fingerprint density at radius 2 is 1.74 bits per heavy atom. The summed E-state index contributed by atoms with van der Waals surface area (Å²) in [4.78, 5) is 13.4. The van der Waals surface area contributed by atoms with Crippen molar-refractivity contribution in [1.29, 1.82) is 0 Å². The second kappa shape index (κ2) is 11.9. The molecule has 0 saturated heterocycles. The molecule has 0 aliphatic heterocycles. The molecule has 0 spiro atoms. The molecular weight excluding hydrogens is 583 g/mol. The number of amides is 1. The SMILES string of the molecule is CC[C@H]1[C@@H](O)[C@@H]2[C@H](CC[C@]3(C)[C@@H]([C@H](C)CCOC(=O)NS(=O)(=O)c4ccc(C(C)(C)C)s4)CC[C@@H]23)[C@@]2(C)CC[C@@H](O)C[C@@H]12. The lowest BCUT2D eigenvalue weighted by Gasteiger charge is -2.64. The Bertz CT molecular complexity index is 1270. The summed E-state index contributed by atoms with van der Waals surface area (Å²) in [5, 5.41) is 22.5. The van der Waals surface area contributed by atoms with Crippen LogP contribution in [0.15, 0.2) is 16.3 Å². The van der Waals surface area contributed by atoms with Crippen LogP contribution in [0.3, 0.4) is 0 Å². The third-order valence-electron chi connectivity index (χ3n) is 12.8. The van der Waals surface area contributed by atoms with Crippen molar-refractivity contribution in [2.24, 2.45) is 52.3 Å². The summed E-state index contributed by atoms with van der Waals surface area (Å²) >= 11 is 1.17. The van der Waals surface area contributed by atoms with Gasteiger partial charge in [-0.1, -0.05) is 54.9 Å². The normalized spacial score (nSPS) is 40.2. The van der Waals surface area contributed by atoms with Gasteiger partial charge in [-0.2, -0.15) is 0 Å². The zero-order valence-electron chi connectivity index (χ0n) is 27.3. The predicted molar refractivity (Wildman–Crippen MR) is 170 cm³/mol. The number of hydrogen-bond donors (Lipinski definition) is 3. The molecule has 43 heavy (non-hydrogen) atoms. The Labute approximate surface area is 263 Å². The molecule has 0 radical (unpaired) electrons. The van der Waals surface area contributed by atoms with Gasteiger partial charge in [0.15, 0.2) is 0 Å². The Morgan fingerprint density at radius 1 is 1.07 bits per heavy atom. The number of aliphatic hydroxyl groups excluding tert-OH is 2. The molecule has 1 aromatic rings. The molecular formula is C34H55NO6S2. The van der Waals surface area contributed by atoms with E-state index in [9.17, 15) is 23.4 Å². The van der Waals surface area contributed by atoms with Crippen LogP contribution >= 0.6 is 11.3 Å². The summed E-state index contributed by atoms with van der Waals surface area (Å²) in [7, 11) is -3.97. The zero-order chi connectivity index (χ0) is 31.5. The van der Waals surface area contributed by atoms with Crippen molar-refractivity contribution >= 4 is 27.5 Å². The van der Waals surface area contributed by atoms with Crippen LogP contribution in [0.1, 0.15) is 111 Å². The van der Waals surface area contributed by atoms with Crippen LogP contribution in [-0.4, -0.2) is 43.5 Å². The molecule has 0 unspecified atom stereocenters. The van der Waals surface area contributed by atoms with Crippen LogP contribution in [0.4, 0.5) is 4.79 Å². The lowest BCUT2D eigenvalue weighted by Crippen LogP contribution is -2.62. The van der Waals surface area contributed by atoms with E-state index in [1.807, 2.05) is 20.8 Å². The van der Waals surface area contributed by atoms with Crippen LogP contribution in [-0.2, 0) is 20.2 Å². The van der Waals surface area contributed by atoms with Gasteiger partial charge in [0.2, 0.25) is 0 Å². The quantitative estimate of drug-likeness (QED) is 0.294. The van der Waals surface area contributed by atoms with Gasteiger partial charge >= 0.3 is 6.09 Å². The largest absolute Gasteiger partial charge is 0.449 e.